The third kappa shape index (κ3) is 2.23. The van der Waals surface area contributed by atoms with Crippen LogP contribution < -0.4 is 5.32 Å². The van der Waals surface area contributed by atoms with Crippen molar-refractivity contribution in [3.63, 3.8) is 0 Å². The van der Waals surface area contributed by atoms with Crippen LogP contribution in [0.3, 0.4) is 0 Å². The van der Waals surface area contributed by atoms with E-state index in [9.17, 15) is 0 Å². The molecule has 1 fully saturated rings. The van der Waals surface area contributed by atoms with Gasteiger partial charge in [-0.2, -0.15) is 0 Å². The summed E-state index contributed by atoms with van der Waals surface area (Å²) < 4.78 is 0. The molecule has 1 N–H and O–H groups in total. The van der Waals surface area contributed by atoms with Gasteiger partial charge in [0.05, 0.1) is 5.54 Å². The molecular weight excluding hydrogens is 204 g/mol. The third-order valence-electron chi connectivity index (χ3n) is 3.20. The highest BCUT2D eigenvalue weighted by atomic mass is 32.1. The molecule has 1 aromatic heterocycles. The Hall–Kier alpha value is -0.410. The molecule has 0 bridgehead atoms. The van der Waals surface area contributed by atoms with Gasteiger partial charge in [-0.3, -0.25) is 0 Å². The van der Waals surface area contributed by atoms with E-state index in [0.29, 0.717) is 0 Å². The zero-order valence-corrected chi connectivity index (χ0v) is 10.5. The Morgan fingerprint density at radius 1 is 1.47 bits per heavy atom. The topological polar surface area (TPSA) is 24.9 Å². The highest BCUT2D eigenvalue weighted by molar-refractivity contribution is 7.09. The van der Waals surface area contributed by atoms with Gasteiger partial charge in [-0.25, -0.2) is 4.98 Å². The normalized spacial score (nSPS) is 19.6. The SMILES string of the molecule is CCCNC1(c2nc(C)cs2)CCCC1. The Labute approximate surface area is 96.1 Å². The van der Waals surface area contributed by atoms with Crippen molar-refractivity contribution >= 4 is 11.3 Å². The summed E-state index contributed by atoms with van der Waals surface area (Å²) in [5, 5.41) is 7.20. The lowest BCUT2D eigenvalue weighted by atomic mass is 9.98. The number of aryl methyl sites for hydroxylation is 1. The summed E-state index contributed by atoms with van der Waals surface area (Å²) in [4.78, 5) is 4.67. The highest BCUT2D eigenvalue weighted by Crippen LogP contribution is 2.39. The largest absolute Gasteiger partial charge is 0.305 e. The summed E-state index contributed by atoms with van der Waals surface area (Å²) >= 11 is 1.82. The predicted octanol–water partition coefficient (Wildman–Crippen LogP) is 3.22. The summed E-state index contributed by atoms with van der Waals surface area (Å²) in [5.74, 6) is 0. The van der Waals surface area contributed by atoms with Gasteiger partial charge in [-0.05, 0) is 32.7 Å². The number of hydrogen-bond donors (Lipinski definition) is 1. The molecule has 1 aliphatic carbocycles. The predicted molar refractivity (Wildman–Crippen MR) is 65.3 cm³/mol. The molecule has 0 unspecified atom stereocenters. The monoisotopic (exact) mass is 224 g/mol. The van der Waals surface area contributed by atoms with E-state index < -0.39 is 0 Å². The second-order valence-electron chi connectivity index (χ2n) is 4.51. The maximum atomic E-state index is 4.67. The lowest BCUT2D eigenvalue weighted by Crippen LogP contribution is -2.40. The van der Waals surface area contributed by atoms with Gasteiger partial charge >= 0.3 is 0 Å². The average molecular weight is 224 g/mol. The molecule has 1 aromatic rings. The third-order valence-corrected chi connectivity index (χ3v) is 4.36. The lowest BCUT2D eigenvalue weighted by molar-refractivity contribution is 0.340. The zero-order valence-electron chi connectivity index (χ0n) is 9.68. The van der Waals surface area contributed by atoms with E-state index in [1.54, 1.807) is 0 Å². The molecule has 2 nitrogen and oxygen atoms in total. The van der Waals surface area contributed by atoms with Gasteiger partial charge < -0.3 is 5.32 Å². The quantitative estimate of drug-likeness (QED) is 0.849. The summed E-state index contributed by atoms with van der Waals surface area (Å²) in [6.07, 6.45) is 6.41. The van der Waals surface area contributed by atoms with E-state index in [2.05, 4.69) is 29.5 Å². The van der Waals surface area contributed by atoms with Crippen molar-refractivity contribution in [2.75, 3.05) is 6.54 Å². The molecule has 1 aliphatic rings. The van der Waals surface area contributed by atoms with E-state index in [4.69, 9.17) is 0 Å². The highest BCUT2D eigenvalue weighted by Gasteiger charge is 2.37. The minimum absolute atomic E-state index is 0.217. The molecule has 15 heavy (non-hydrogen) atoms. The fourth-order valence-electron chi connectivity index (χ4n) is 2.38. The van der Waals surface area contributed by atoms with Gasteiger partial charge in [0.2, 0.25) is 0 Å². The summed E-state index contributed by atoms with van der Waals surface area (Å²) in [7, 11) is 0. The van der Waals surface area contributed by atoms with Crippen LogP contribution in [0.25, 0.3) is 0 Å². The molecule has 0 atom stereocenters. The van der Waals surface area contributed by atoms with E-state index in [1.807, 2.05) is 11.3 Å². The molecule has 2 rings (SSSR count). The van der Waals surface area contributed by atoms with Gasteiger partial charge in [0.25, 0.3) is 0 Å². The molecule has 3 heteroatoms. The van der Waals surface area contributed by atoms with Crippen molar-refractivity contribution in [3.05, 3.63) is 16.1 Å². The van der Waals surface area contributed by atoms with Crippen molar-refractivity contribution in [2.45, 2.75) is 51.5 Å². The van der Waals surface area contributed by atoms with E-state index in [1.165, 1.54) is 42.8 Å². The van der Waals surface area contributed by atoms with Crippen molar-refractivity contribution in [2.24, 2.45) is 0 Å². The van der Waals surface area contributed by atoms with Gasteiger partial charge in [0, 0.05) is 11.1 Å². The maximum absolute atomic E-state index is 4.67. The number of nitrogens with one attached hydrogen (secondary N) is 1. The number of aromatic nitrogens is 1. The average Bonchev–Trinajstić information content (AvgIpc) is 2.84. The van der Waals surface area contributed by atoms with E-state index in [0.717, 1.165) is 6.54 Å². The molecule has 1 heterocycles. The van der Waals surface area contributed by atoms with Crippen LogP contribution in [0.1, 0.15) is 49.7 Å². The Morgan fingerprint density at radius 3 is 2.73 bits per heavy atom. The van der Waals surface area contributed by atoms with Crippen LogP contribution in [-0.4, -0.2) is 11.5 Å². The smallest absolute Gasteiger partial charge is 0.113 e. The molecule has 0 amide bonds. The lowest BCUT2D eigenvalue weighted by Gasteiger charge is -2.28. The van der Waals surface area contributed by atoms with Crippen LogP contribution in [0.2, 0.25) is 0 Å². The molecule has 0 saturated heterocycles. The first kappa shape index (κ1) is 11.1. The fourth-order valence-corrected chi connectivity index (χ4v) is 3.42. The van der Waals surface area contributed by atoms with Gasteiger partial charge in [-0.15, -0.1) is 11.3 Å². The number of thiazole rings is 1. The van der Waals surface area contributed by atoms with Crippen molar-refractivity contribution in [3.8, 4) is 0 Å². The zero-order chi connectivity index (χ0) is 10.7. The fraction of sp³-hybridized carbons (Fsp3) is 0.750. The minimum atomic E-state index is 0.217. The van der Waals surface area contributed by atoms with E-state index >= 15 is 0 Å². The Balaban J connectivity index is 2.18. The molecule has 0 spiro atoms. The number of nitrogens with zero attached hydrogens (tertiary/aromatic N) is 1. The summed E-state index contributed by atoms with van der Waals surface area (Å²) in [5.41, 5.74) is 1.38. The van der Waals surface area contributed by atoms with Crippen LogP contribution in [0.15, 0.2) is 5.38 Å². The molecule has 0 radical (unpaired) electrons. The number of rotatable bonds is 4. The van der Waals surface area contributed by atoms with Crippen LogP contribution >= 0.6 is 11.3 Å². The first-order valence-electron chi connectivity index (χ1n) is 5.94. The number of hydrogen-bond acceptors (Lipinski definition) is 3. The molecule has 0 aliphatic heterocycles. The van der Waals surface area contributed by atoms with Crippen LogP contribution in [0, 0.1) is 6.92 Å². The van der Waals surface area contributed by atoms with Crippen molar-refractivity contribution < 1.29 is 0 Å². The minimum Gasteiger partial charge on any atom is -0.305 e. The second kappa shape index (κ2) is 4.62. The van der Waals surface area contributed by atoms with Crippen molar-refractivity contribution in [1.82, 2.24) is 10.3 Å². The van der Waals surface area contributed by atoms with E-state index in [-0.39, 0.29) is 5.54 Å². The van der Waals surface area contributed by atoms with Gasteiger partial charge in [0.15, 0.2) is 0 Å². The molecule has 0 aromatic carbocycles. The Bertz CT molecular complexity index is 313. The Kier molecular flexibility index (Phi) is 3.42. The first-order chi connectivity index (χ1) is 7.27. The first-order valence-corrected chi connectivity index (χ1v) is 6.82. The summed E-state index contributed by atoms with van der Waals surface area (Å²) in [6.45, 7) is 5.42. The van der Waals surface area contributed by atoms with Gasteiger partial charge in [-0.1, -0.05) is 19.8 Å². The van der Waals surface area contributed by atoms with Crippen LogP contribution in [0.4, 0.5) is 0 Å². The summed E-state index contributed by atoms with van der Waals surface area (Å²) in [6, 6.07) is 0. The van der Waals surface area contributed by atoms with Crippen LogP contribution in [0.5, 0.6) is 0 Å². The molecule has 1 saturated carbocycles. The Morgan fingerprint density at radius 2 is 2.20 bits per heavy atom. The standard InChI is InChI=1S/C12H20N2S/c1-3-8-13-12(6-4-5-7-12)11-14-10(2)9-15-11/h9,13H,3-8H2,1-2H3. The molecular formula is C12H20N2S. The maximum Gasteiger partial charge on any atom is 0.113 e. The molecule has 84 valence electrons. The van der Waals surface area contributed by atoms with Crippen LogP contribution in [-0.2, 0) is 5.54 Å². The van der Waals surface area contributed by atoms with Gasteiger partial charge in [0.1, 0.15) is 5.01 Å². The van der Waals surface area contributed by atoms with Crippen molar-refractivity contribution in [1.29, 1.82) is 0 Å². The second-order valence-corrected chi connectivity index (χ2v) is 5.37.